The van der Waals surface area contributed by atoms with Crippen molar-refractivity contribution in [3.05, 3.63) is 64.9 Å². The lowest BCUT2D eigenvalue weighted by Gasteiger charge is -2.38. The van der Waals surface area contributed by atoms with Crippen LogP contribution in [-0.4, -0.2) is 51.7 Å². The fourth-order valence-corrected chi connectivity index (χ4v) is 7.25. The van der Waals surface area contributed by atoms with Gasteiger partial charge in [0.15, 0.2) is 17.1 Å². The molecule has 4 rings (SSSR count). The second kappa shape index (κ2) is 10.4. The molecule has 0 fully saturated rings. The van der Waals surface area contributed by atoms with E-state index in [0.717, 1.165) is 19.2 Å². The minimum atomic E-state index is -5.38. The van der Waals surface area contributed by atoms with Gasteiger partial charge in [-0.15, -0.1) is 0 Å². The molecule has 3 aromatic rings. The van der Waals surface area contributed by atoms with E-state index in [1.54, 1.807) is 11.6 Å². The summed E-state index contributed by atoms with van der Waals surface area (Å²) in [5.41, 5.74) is -7.13. The zero-order chi connectivity index (χ0) is 34.0. The maximum Gasteiger partial charge on any atom is 0.436 e. The molecule has 18 heteroatoms. The van der Waals surface area contributed by atoms with Crippen molar-refractivity contribution in [3.63, 3.8) is 0 Å². The lowest BCUT2D eigenvalue weighted by atomic mass is 9.83. The molecule has 0 radical (unpaired) electrons. The average Bonchev–Trinajstić information content (AvgIpc) is 3.27. The third-order valence-electron chi connectivity index (χ3n) is 6.60. The van der Waals surface area contributed by atoms with E-state index in [-0.39, 0.29) is 10.0 Å². The molecule has 1 atom stereocenters. The third kappa shape index (κ3) is 5.42. The van der Waals surface area contributed by atoms with Crippen molar-refractivity contribution < 1.29 is 61.2 Å². The highest BCUT2D eigenvalue weighted by Crippen LogP contribution is 2.46. The summed E-state index contributed by atoms with van der Waals surface area (Å²) >= 11 is 0. The molecule has 0 saturated heterocycles. The molecular weight excluding hydrogens is 623 g/mol. The quantitative estimate of drug-likeness (QED) is 0.365. The number of pyridine rings is 1. The molecule has 1 N–H and O–H groups in total. The van der Waals surface area contributed by atoms with E-state index in [4.69, 9.17) is 4.11 Å². The Labute approximate surface area is 239 Å². The second-order valence-corrected chi connectivity index (χ2v) is 12.7. The number of nitrogens with one attached hydrogen (secondary N) is 1. The molecule has 1 aliphatic rings. The highest BCUT2D eigenvalue weighted by atomic mass is 32.2. The standard InChI is InChI=1S/C24H22F7N3O6S2/c1-13-4-6-14(7-5-13)42(37,38)34-12-19(15-8-9-22(40-3,11-18(15)34)24(29,30)31)41(35,36)33-17-10-16(25)20(23(26,27)28)32-21(17)39-2/h4-7,10,12,33H,8-9,11H2,1-3H3/t22-/m0/s1/i3D3. The van der Waals surface area contributed by atoms with E-state index in [2.05, 4.69) is 14.5 Å². The van der Waals surface area contributed by atoms with Crippen LogP contribution in [0.5, 0.6) is 5.88 Å². The molecule has 0 saturated carbocycles. The van der Waals surface area contributed by atoms with Crippen LogP contribution in [0.4, 0.5) is 36.4 Å². The Morgan fingerprint density at radius 1 is 1.10 bits per heavy atom. The number of sulfonamides is 1. The van der Waals surface area contributed by atoms with Gasteiger partial charge in [-0.1, -0.05) is 17.7 Å². The predicted molar refractivity (Wildman–Crippen MR) is 133 cm³/mol. The van der Waals surface area contributed by atoms with Gasteiger partial charge in [0.2, 0.25) is 5.88 Å². The zero-order valence-electron chi connectivity index (χ0n) is 24.4. The number of halogens is 7. The van der Waals surface area contributed by atoms with Crippen molar-refractivity contribution in [1.29, 1.82) is 0 Å². The van der Waals surface area contributed by atoms with Gasteiger partial charge in [0.25, 0.3) is 20.0 Å². The number of benzene rings is 1. The number of ether oxygens (including phenoxy) is 2. The molecule has 0 unspecified atom stereocenters. The number of hydrogen-bond donors (Lipinski definition) is 1. The lowest BCUT2D eigenvalue weighted by Crippen LogP contribution is -2.51. The van der Waals surface area contributed by atoms with E-state index in [9.17, 15) is 47.6 Å². The number of nitrogens with zero attached hydrogens (tertiary/aromatic N) is 2. The van der Waals surface area contributed by atoms with Gasteiger partial charge in [0.1, 0.15) is 10.6 Å². The first kappa shape index (κ1) is 27.5. The topological polar surface area (TPSA) is 117 Å². The van der Waals surface area contributed by atoms with Crippen molar-refractivity contribution >= 4 is 25.7 Å². The predicted octanol–water partition coefficient (Wildman–Crippen LogP) is 4.83. The van der Waals surface area contributed by atoms with Crippen molar-refractivity contribution in [1.82, 2.24) is 8.96 Å². The summed E-state index contributed by atoms with van der Waals surface area (Å²) < 4.78 is 184. The average molecular weight is 649 g/mol. The Morgan fingerprint density at radius 2 is 1.74 bits per heavy atom. The molecule has 0 spiro atoms. The van der Waals surface area contributed by atoms with Crippen LogP contribution in [0.2, 0.25) is 0 Å². The van der Waals surface area contributed by atoms with Gasteiger partial charge in [-0.3, -0.25) is 4.72 Å². The second-order valence-electron chi connectivity index (χ2n) is 9.28. The Balaban J connectivity index is 1.94. The zero-order valence-corrected chi connectivity index (χ0v) is 23.0. The highest BCUT2D eigenvalue weighted by Gasteiger charge is 2.58. The Morgan fingerprint density at radius 3 is 2.29 bits per heavy atom. The number of hydrogen-bond acceptors (Lipinski definition) is 7. The van der Waals surface area contributed by atoms with Crippen LogP contribution in [-0.2, 0) is 43.8 Å². The maximum atomic E-state index is 14.4. The first-order valence-electron chi connectivity index (χ1n) is 13.1. The number of rotatable bonds is 7. The van der Waals surface area contributed by atoms with Crippen LogP contribution in [0.15, 0.2) is 46.3 Å². The van der Waals surface area contributed by atoms with Gasteiger partial charge in [0, 0.05) is 31.4 Å². The van der Waals surface area contributed by atoms with Crippen LogP contribution in [0, 0.1) is 12.7 Å². The van der Waals surface area contributed by atoms with E-state index < -0.39 is 108 Å². The van der Waals surface area contributed by atoms with E-state index in [0.29, 0.717) is 11.8 Å². The third-order valence-corrected chi connectivity index (χ3v) is 9.74. The summed E-state index contributed by atoms with van der Waals surface area (Å²) in [6.45, 7) is 1.61. The normalized spacial score (nSPS) is 19.4. The fourth-order valence-electron chi connectivity index (χ4n) is 4.43. The van der Waals surface area contributed by atoms with E-state index in [1.807, 2.05) is 0 Å². The molecule has 2 heterocycles. The summed E-state index contributed by atoms with van der Waals surface area (Å²) in [6, 6.07) is 5.03. The smallest absolute Gasteiger partial charge is 0.436 e. The summed E-state index contributed by atoms with van der Waals surface area (Å²) in [6.07, 6.45) is -13.7. The molecule has 0 amide bonds. The van der Waals surface area contributed by atoms with Crippen molar-refractivity contribution in [2.45, 2.75) is 53.9 Å². The van der Waals surface area contributed by atoms with Crippen LogP contribution < -0.4 is 9.46 Å². The van der Waals surface area contributed by atoms with Gasteiger partial charge >= 0.3 is 12.4 Å². The maximum absolute atomic E-state index is 14.4. The minimum Gasteiger partial charge on any atom is -0.479 e. The number of fused-ring (bicyclic) bond motifs is 1. The molecule has 2 aromatic heterocycles. The molecule has 230 valence electrons. The molecular formula is C24H22F7N3O6S2. The number of methoxy groups -OCH3 is 2. The monoisotopic (exact) mass is 648 g/mol. The summed E-state index contributed by atoms with van der Waals surface area (Å²) in [7, 11) is -12.8. The van der Waals surface area contributed by atoms with Gasteiger partial charge in [0.05, 0.1) is 16.1 Å². The van der Waals surface area contributed by atoms with Crippen LogP contribution in [0.3, 0.4) is 0 Å². The molecule has 0 bridgehead atoms. The van der Waals surface area contributed by atoms with E-state index in [1.165, 1.54) is 12.1 Å². The number of aryl methyl sites for hydroxylation is 1. The minimum absolute atomic E-state index is 0.109. The Kier molecular flexibility index (Phi) is 6.80. The van der Waals surface area contributed by atoms with Gasteiger partial charge < -0.3 is 9.47 Å². The molecule has 9 nitrogen and oxygen atoms in total. The molecule has 42 heavy (non-hydrogen) atoms. The number of anilines is 1. The summed E-state index contributed by atoms with van der Waals surface area (Å²) in [4.78, 5) is 1.54. The van der Waals surface area contributed by atoms with E-state index >= 15 is 0 Å². The lowest BCUT2D eigenvalue weighted by molar-refractivity contribution is -0.273. The Hall–Kier alpha value is -3.38. The molecule has 1 aliphatic carbocycles. The number of aromatic nitrogens is 2. The van der Waals surface area contributed by atoms with Crippen LogP contribution in [0.1, 0.15) is 33.0 Å². The van der Waals surface area contributed by atoms with Crippen molar-refractivity contribution in [2.24, 2.45) is 0 Å². The molecule has 0 aliphatic heterocycles. The first-order chi connectivity index (χ1) is 20.4. The van der Waals surface area contributed by atoms with Gasteiger partial charge in [-0.05, 0) is 37.5 Å². The van der Waals surface area contributed by atoms with Crippen LogP contribution in [0.25, 0.3) is 0 Å². The summed E-state index contributed by atoms with van der Waals surface area (Å²) in [5, 5.41) is 0. The number of alkyl halides is 6. The fraction of sp³-hybridized carbons (Fsp3) is 0.375. The molecule has 1 aromatic carbocycles. The Bertz CT molecular complexity index is 1840. The van der Waals surface area contributed by atoms with Crippen LogP contribution >= 0.6 is 0 Å². The van der Waals surface area contributed by atoms with Crippen molar-refractivity contribution in [2.75, 3.05) is 18.9 Å². The SMILES string of the molecule is [2H]C([2H])([2H])O[C@@]1(C(F)(F)F)CCc2c(S(=O)(=O)Nc3cc(F)c(C(F)(F)F)nc3OC)cn(S(=O)(=O)c3ccc(C)cc3)c2C1. The van der Waals surface area contributed by atoms with Gasteiger partial charge in [-0.2, -0.15) is 26.3 Å². The summed E-state index contributed by atoms with van der Waals surface area (Å²) in [5.74, 6) is -3.03. The largest absolute Gasteiger partial charge is 0.479 e. The highest BCUT2D eigenvalue weighted by molar-refractivity contribution is 7.93. The first-order valence-corrected chi connectivity index (χ1v) is 14.5. The van der Waals surface area contributed by atoms with Gasteiger partial charge in [-0.25, -0.2) is 30.2 Å². The van der Waals surface area contributed by atoms with Crippen molar-refractivity contribution in [3.8, 4) is 5.88 Å².